The third-order valence-electron chi connectivity index (χ3n) is 3.09. The van der Waals surface area contributed by atoms with Gasteiger partial charge >= 0.3 is 0 Å². The van der Waals surface area contributed by atoms with Crippen LogP contribution in [0.4, 0.5) is 4.39 Å². The number of nitrogens with zero attached hydrogens (tertiary/aromatic N) is 1. The van der Waals surface area contributed by atoms with E-state index in [1.165, 1.54) is 10.9 Å². The molecule has 0 aliphatic heterocycles. The summed E-state index contributed by atoms with van der Waals surface area (Å²) in [6, 6.07) is 5.25. The van der Waals surface area contributed by atoms with Gasteiger partial charge in [0.25, 0.3) is 0 Å². The Balaban J connectivity index is 2.32. The number of hydrogen-bond acceptors (Lipinski definition) is 4. The van der Waals surface area contributed by atoms with E-state index in [0.29, 0.717) is 5.56 Å². The largest absolute Gasteiger partial charge is 0.312 e. The van der Waals surface area contributed by atoms with Crippen molar-refractivity contribution >= 4 is 23.1 Å². The Morgan fingerprint density at radius 2 is 2.14 bits per heavy atom. The normalized spacial score (nSPS) is 11.0. The van der Waals surface area contributed by atoms with Crippen molar-refractivity contribution < 1.29 is 4.39 Å². The van der Waals surface area contributed by atoms with Crippen LogP contribution in [0.25, 0.3) is 10.6 Å². The van der Waals surface area contributed by atoms with E-state index >= 15 is 0 Å². The molecule has 1 heterocycles. The van der Waals surface area contributed by atoms with Crippen LogP contribution in [-0.2, 0) is 6.54 Å². The quantitative estimate of drug-likeness (QED) is 0.581. The van der Waals surface area contributed by atoms with Gasteiger partial charge in [-0.25, -0.2) is 9.37 Å². The van der Waals surface area contributed by atoms with Crippen molar-refractivity contribution in [3.8, 4) is 10.6 Å². The molecule has 0 saturated heterocycles. The molecule has 2 nitrogen and oxygen atoms in total. The molecule has 114 valence electrons. The van der Waals surface area contributed by atoms with Crippen LogP contribution in [0, 0.1) is 12.7 Å². The predicted molar refractivity (Wildman–Crippen MR) is 90.6 cm³/mol. The number of rotatable bonds is 7. The predicted octanol–water partition coefficient (Wildman–Crippen LogP) is 4.87. The van der Waals surface area contributed by atoms with Gasteiger partial charge in [-0.3, -0.25) is 0 Å². The molecule has 21 heavy (non-hydrogen) atoms. The number of aromatic nitrogens is 1. The number of thiazole rings is 1. The van der Waals surface area contributed by atoms with E-state index in [2.05, 4.69) is 24.1 Å². The monoisotopic (exact) mass is 324 g/mol. The maximum atomic E-state index is 14.2. The molecule has 5 heteroatoms. The van der Waals surface area contributed by atoms with Crippen LogP contribution in [0.5, 0.6) is 0 Å². The average molecular weight is 324 g/mol. The summed E-state index contributed by atoms with van der Waals surface area (Å²) in [6.45, 7) is 8.01. The lowest BCUT2D eigenvalue weighted by atomic mass is 10.2. The van der Waals surface area contributed by atoms with Crippen LogP contribution >= 0.6 is 23.1 Å². The Bertz CT molecular complexity index is 596. The minimum atomic E-state index is -0.185. The maximum Gasteiger partial charge on any atom is 0.134 e. The van der Waals surface area contributed by atoms with E-state index in [9.17, 15) is 4.39 Å². The molecule has 0 spiro atoms. The van der Waals surface area contributed by atoms with Gasteiger partial charge < -0.3 is 5.32 Å². The van der Waals surface area contributed by atoms with Crippen molar-refractivity contribution in [2.24, 2.45) is 0 Å². The molecule has 0 atom stereocenters. The molecule has 0 saturated carbocycles. The number of thioether (sulfide) groups is 1. The molecule has 2 aromatic rings. The Labute approximate surface area is 134 Å². The highest BCUT2D eigenvalue weighted by Crippen LogP contribution is 2.36. The van der Waals surface area contributed by atoms with E-state index in [0.717, 1.165) is 40.9 Å². The van der Waals surface area contributed by atoms with Gasteiger partial charge in [-0.1, -0.05) is 19.9 Å². The fourth-order valence-electron chi connectivity index (χ4n) is 2.07. The molecule has 2 rings (SSSR count). The summed E-state index contributed by atoms with van der Waals surface area (Å²) in [7, 11) is 0. The van der Waals surface area contributed by atoms with E-state index in [1.54, 1.807) is 29.2 Å². The highest BCUT2D eigenvalue weighted by atomic mass is 32.2. The first kappa shape index (κ1) is 16.5. The first-order valence-electron chi connectivity index (χ1n) is 7.26. The molecular weight excluding hydrogens is 303 g/mol. The zero-order valence-electron chi connectivity index (χ0n) is 12.7. The summed E-state index contributed by atoms with van der Waals surface area (Å²) >= 11 is 3.25. The molecule has 0 bridgehead atoms. The van der Waals surface area contributed by atoms with Crippen LogP contribution < -0.4 is 5.32 Å². The molecule has 0 unspecified atom stereocenters. The van der Waals surface area contributed by atoms with Crippen molar-refractivity contribution in [2.75, 3.05) is 12.3 Å². The first-order chi connectivity index (χ1) is 10.2. The van der Waals surface area contributed by atoms with Gasteiger partial charge in [-0.05, 0) is 37.8 Å². The summed E-state index contributed by atoms with van der Waals surface area (Å²) in [4.78, 5) is 6.75. The van der Waals surface area contributed by atoms with E-state index < -0.39 is 0 Å². The SMILES string of the molecule is CCCNCc1sc(-c2c(F)cccc2SCC)nc1C. The van der Waals surface area contributed by atoms with E-state index in [1.807, 2.05) is 13.0 Å². The summed E-state index contributed by atoms with van der Waals surface area (Å²) in [6.07, 6.45) is 1.11. The Hall–Kier alpha value is -0.910. The molecule has 1 N–H and O–H groups in total. The highest BCUT2D eigenvalue weighted by molar-refractivity contribution is 7.99. The topological polar surface area (TPSA) is 24.9 Å². The summed E-state index contributed by atoms with van der Waals surface area (Å²) in [5.74, 6) is 0.737. The third kappa shape index (κ3) is 4.05. The second-order valence-electron chi connectivity index (χ2n) is 4.75. The van der Waals surface area contributed by atoms with Crippen molar-refractivity contribution in [1.29, 1.82) is 0 Å². The molecule has 0 aliphatic rings. The molecule has 0 radical (unpaired) electrons. The van der Waals surface area contributed by atoms with Gasteiger partial charge in [0, 0.05) is 16.3 Å². The number of nitrogens with one attached hydrogen (secondary N) is 1. The molecule has 0 amide bonds. The molecule has 1 aromatic carbocycles. The van der Waals surface area contributed by atoms with Crippen LogP contribution in [-0.4, -0.2) is 17.3 Å². The van der Waals surface area contributed by atoms with Gasteiger partial charge in [0.1, 0.15) is 10.8 Å². The Morgan fingerprint density at radius 1 is 1.33 bits per heavy atom. The van der Waals surface area contributed by atoms with E-state index in [-0.39, 0.29) is 5.82 Å². The number of hydrogen-bond donors (Lipinski definition) is 1. The second-order valence-corrected chi connectivity index (χ2v) is 7.14. The molecule has 0 aliphatic carbocycles. The number of aryl methyl sites for hydroxylation is 1. The van der Waals surface area contributed by atoms with Crippen LogP contribution in [0.3, 0.4) is 0 Å². The Kier molecular flexibility index (Phi) is 6.21. The third-order valence-corrected chi connectivity index (χ3v) is 5.21. The lowest BCUT2D eigenvalue weighted by Gasteiger charge is -2.06. The van der Waals surface area contributed by atoms with Crippen LogP contribution in [0.1, 0.15) is 30.8 Å². The smallest absolute Gasteiger partial charge is 0.134 e. The van der Waals surface area contributed by atoms with E-state index in [4.69, 9.17) is 0 Å². The van der Waals surface area contributed by atoms with Gasteiger partial charge in [-0.15, -0.1) is 23.1 Å². The fourth-order valence-corrected chi connectivity index (χ4v) is 4.05. The first-order valence-corrected chi connectivity index (χ1v) is 9.06. The van der Waals surface area contributed by atoms with Gasteiger partial charge in [0.15, 0.2) is 0 Å². The molecule has 1 aromatic heterocycles. The van der Waals surface area contributed by atoms with Gasteiger partial charge in [-0.2, -0.15) is 0 Å². The zero-order valence-corrected chi connectivity index (χ0v) is 14.3. The standard InChI is InChI=1S/C16H21FN2S2/c1-4-9-18-10-14-11(3)19-16(21-14)15-12(17)7-6-8-13(15)20-5-2/h6-8,18H,4-5,9-10H2,1-3H3. The van der Waals surface area contributed by atoms with Crippen molar-refractivity contribution in [3.63, 3.8) is 0 Å². The van der Waals surface area contributed by atoms with Crippen LogP contribution in [0.2, 0.25) is 0 Å². The van der Waals surface area contributed by atoms with Gasteiger partial charge in [0.05, 0.1) is 11.3 Å². The lowest BCUT2D eigenvalue weighted by molar-refractivity contribution is 0.628. The van der Waals surface area contributed by atoms with Crippen molar-refractivity contribution in [2.45, 2.75) is 38.6 Å². The second kappa shape index (κ2) is 7.92. The van der Waals surface area contributed by atoms with Crippen LogP contribution in [0.15, 0.2) is 23.1 Å². The summed E-state index contributed by atoms with van der Waals surface area (Å²) < 4.78 is 14.2. The molecular formula is C16H21FN2S2. The number of halogens is 1. The number of benzene rings is 1. The van der Waals surface area contributed by atoms with Gasteiger partial charge in [0.2, 0.25) is 0 Å². The minimum absolute atomic E-state index is 0.185. The Morgan fingerprint density at radius 3 is 2.86 bits per heavy atom. The molecule has 0 fully saturated rings. The lowest BCUT2D eigenvalue weighted by Crippen LogP contribution is -2.13. The van der Waals surface area contributed by atoms with Crippen molar-refractivity contribution in [3.05, 3.63) is 34.6 Å². The van der Waals surface area contributed by atoms with Crippen molar-refractivity contribution in [1.82, 2.24) is 10.3 Å². The summed E-state index contributed by atoms with van der Waals surface area (Å²) in [5, 5.41) is 4.17. The maximum absolute atomic E-state index is 14.2. The minimum Gasteiger partial charge on any atom is -0.312 e. The fraction of sp³-hybridized carbons (Fsp3) is 0.438. The highest BCUT2D eigenvalue weighted by Gasteiger charge is 2.16. The zero-order chi connectivity index (χ0) is 15.2. The average Bonchev–Trinajstić information content (AvgIpc) is 2.81. The summed E-state index contributed by atoms with van der Waals surface area (Å²) in [5.41, 5.74) is 1.65.